The number of carbonyl (C=O) groups excluding carboxylic acids is 2. The first kappa shape index (κ1) is 15.3. The van der Waals surface area contributed by atoms with Crippen molar-refractivity contribution in [2.75, 3.05) is 19.6 Å². The molecule has 1 atom stereocenters. The molecule has 3 amide bonds. The number of urea groups is 1. The van der Waals surface area contributed by atoms with Crippen LogP contribution in [0.15, 0.2) is 0 Å². The molecular weight excluding hydrogens is 250 g/mol. The highest BCUT2D eigenvalue weighted by Crippen LogP contribution is 2.16. The van der Waals surface area contributed by atoms with Crippen molar-refractivity contribution in [2.45, 2.75) is 32.7 Å². The maximum Gasteiger partial charge on any atom is 0.317 e. The molecule has 0 aliphatic carbocycles. The molecule has 7 nitrogen and oxygen atoms in total. The number of rotatable bonds is 4. The van der Waals surface area contributed by atoms with E-state index < -0.39 is 11.9 Å². The molecule has 0 aromatic carbocycles. The largest absolute Gasteiger partial charge is 0.481 e. The lowest BCUT2D eigenvalue weighted by Crippen LogP contribution is -2.49. The van der Waals surface area contributed by atoms with Crippen molar-refractivity contribution in [3.63, 3.8) is 0 Å². The van der Waals surface area contributed by atoms with Gasteiger partial charge in [-0.05, 0) is 26.7 Å². The van der Waals surface area contributed by atoms with E-state index in [1.165, 1.54) is 4.90 Å². The Labute approximate surface area is 112 Å². The van der Waals surface area contributed by atoms with Gasteiger partial charge in [0.2, 0.25) is 5.91 Å². The monoisotopic (exact) mass is 271 g/mol. The molecule has 0 bridgehead atoms. The molecule has 108 valence electrons. The first-order valence-electron chi connectivity index (χ1n) is 6.45. The van der Waals surface area contributed by atoms with Crippen LogP contribution in [0.4, 0.5) is 4.79 Å². The number of hydrogen-bond donors (Lipinski definition) is 3. The molecule has 1 rings (SSSR count). The summed E-state index contributed by atoms with van der Waals surface area (Å²) in [6.45, 7) is 4.31. The summed E-state index contributed by atoms with van der Waals surface area (Å²) in [5.41, 5.74) is 0. The molecular formula is C12H21N3O4. The minimum atomic E-state index is -0.880. The van der Waals surface area contributed by atoms with E-state index in [0.29, 0.717) is 19.4 Å². The van der Waals surface area contributed by atoms with E-state index in [2.05, 4.69) is 10.6 Å². The molecule has 1 aliphatic heterocycles. The Balaban J connectivity index is 2.37. The molecule has 0 radical (unpaired) electrons. The van der Waals surface area contributed by atoms with Crippen LogP contribution in [0, 0.1) is 5.92 Å². The minimum Gasteiger partial charge on any atom is -0.481 e. The van der Waals surface area contributed by atoms with E-state index in [1.807, 2.05) is 13.8 Å². The van der Waals surface area contributed by atoms with Crippen LogP contribution in [0.2, 0.25) is 0 Å². The van der Waals surface area contributed by atoms with Crippen LogP contribution in [0.25, 0.3) is 0 Å². The van der Waals surface area contributed by atoms with Crippen molar-refractivity contribution in [3.05, 3.63) is 0 Å². The van der Waals surface area contributed by atoms with Crippen LogP contribution in [0.3, 0.4) is 0 Å². The Kier molecular flexibility index (Phi) is 5.59. The van der Waals surface area contributed by atoms with Gasteiger partial charge in [-0.3, -0.25) is 9.59 Å². The highest BCUT2D eigenvalue weighted by Gasteiger charge is 2.28. The molecule has 1 saturated heterocycles. The standard InChI is InChI=1S/C12H21N3O4/c1-8(2)14-10(16)6-13-12(19)15-5-3-4-9(7-15)11(17)18/h8-9H,3-7H2,1-2H3,(H,13,19)(H,14,16)(H,17,18)/t9-/m0/s1. The fourth-order valence-electron chi connectivity index (χ4n) is 2.00. The molecule has 0 aromatic rings. The number of nitrogens with zero attached hydrogens (tertiary/aromatic N) is 1. The van der Waals surface area contributed by atoms with Gasteiger partial charge < -0.3 is 20.6 Å². The first-order chi connectivity index (χ1) is 8.90. The number of aliphatic carboxylic acids is 1. The summed E-state index contributed by atoms with van der Waals surface area (Å²) >= 11 is 0. The lowest BCUT2D eigenvalue weighted by molar-refractivity contribution is -0.143. The Morgan fingerprint density at radius 3 is 2.63 bits per heavy atom. The van der Waals surface area contributed by atoms with E-state index in [1.54, 1.807) is 0 Å². The number of nitrogens with one attached hydrogen (secondary N) is 2. The van der Waals surface area contributed by atoms with Crippen molar-refractivity contribution >= 4 is 17.9 Å². The molecule has 0 unspecified atom stereocenters. The summed E-state index contributed by atoms with van der Waals surface area (Å²) in [7, 11) is 0. The van der Waals surface area contributed by atoms with Crippen molar-refractivity contribution in [3.8, 4) is 0 Å². The minimum absolute atomic E-state index is 0.0239. The highest BCUT2D eigenvalue weighted by molar-refractivity contribution is 5.84. The predicted molar refractivity (Wildman–Crippen MR) is 68.6 cm³/mol. The Morgan fingerprint density at radius 2 is 2.05 bits per heavy atom. The van der Waals surface area contributed by atoms with E-state index in [4.69, 9.17) is 5.11 Å². The summed E-state index contributed by atoms with van der Waals surface area (Å²) in [5, 5.41) is 14.1. The van der Waals surface area contributed by atoms with Gasteiger partial charge in [0.25, 0.3) is 0 Å². The SMILES string of the molecule is CC(C)NC(=O)CNC(=O)N1CCC[C@H](C(=O)O)C1. The van der Waals surface area contributed by atoms with E-state index in [-0.39, 0.29) is 31.1 Å². The van der Waals surface area contributed by atoms with Gasteiger partial charge >= 0.3 is 12.0 Å². The van der Waals surface area contributed by atoms with Crippen LogP contribution >= 0.6 is 0 Å². The summed E-state index contributed by atoms with van der Waals surface area (Å²) in [6, 6.07) is -0.361. The molecule has 0 spiro atoms. The molecule has 0 aromatic heterocycles. The zero-order chi connectivity index (χ0) is 14.4. The number of piperidine rings is 1. The topological polar surface area (TPSA) is 98.7 Å². The summed E-state index contributed by atoms with van der Waals surface area (Å²) in [5.74, 6) is -1.64. The molecule has 1 heterocycles. The maximum absolute atomic E-state index is 11.8. The van der Waals surface area contributed by atoms with Gasteiger partial charge in [-0.25, -0.2) is 4.79 Å². The lowest BCUT2D eigenvalue weighted by Gasteiger charge is -2.30. The molecule has 0 saturated carbocycles. The number of carboxylic acid groups (broad SMARTS) is 1. The predicted octanol–water partition coefficient (Wildman–Crippen LogP) is 0.0172. The fraction of sp³-hybridized carbons (Fsp3) is 0.750. The quantitative estimate of drug-likeness (QED) is 0.671. The summed E-state index contributed by atoms with van der Waals surface area (Å²) < 4.78 is 0. The van der Waals surface area contributed by atoms with E-state index in [0.717, 1.165) is 0 Å². The van der Waals surface area contributed by atoms with Gasteiger partial charge in [0, 0.05) is 19.1 Å². The number of hydrogen-bond acceptors (Lipinski definition) is 3. The Bertz CT molecular complexity index is 357. The third-order valence-corrected chi connectivity index (χ3v) is 2.91. The third kappa shape index (κ3) is 5.15. The van der Waals surface area contributed by atoms with Crippen LogP contribution < -0.4 is 10.6 Å². The fourth-order valence-corrected chi connectivity index (χ4v) is 2.00. The van der Waals surface area contributed by atoms with E-state index in [9.17, 15) is 14.4 Å². The van der Waals surface area contributed by atoms with Crippen LogP contribution in [0.1, 0.15) is 26.7 Å². The summed E-state index contributed by atoms with van der Waals surface area (Å²) in [6.07, 6.45) is 1.26. The second-order valence-corrected chi connectivity index (χ2v) is 5.00. The number of likely N-dealkylation sites (tertiary alicyclic amines) is 1. The first-order valence-corrected chi connectivity index (χ1v) is 6.45. The highest BCUT2D eigenvalue weighted by atomic mass is 16.4. The maximum atomic E-state index is 11.8. The Hall–Kier alpha value is -1.79. The molecule has 3 N–H and O–H groups in total. The second kappa shape index (κ2) is 6.96. The smallest absolute Gasteiger partial charge is 0.317 e. The van der Waals surface area contributed by atoms with Gasteiger partial charge in [0.15, 0.2) is 0 Å². The van der Waals surface area contributed by atoms with Gasteiger partial charge in [-0.15, -0.1) is 0 Å². The zero-order valence-electron chi connectivity index (χ0n) is 11.3. The number of amides is 3. The van der Waals surface area contributed by atoms with Gasteiger partial charge in [-0.2, -0.15) is 0 Å². The molecule has 1 fully saturated rings. The lowest BCUT2D eigenvalue weighted by atomic mass is 9.99. The third-order valence-electron chi connectivity index (χ3n) is 2.91. The normalized spacial score (nSPS) is 19.1. The molecule has 7 heteroatoms. The second-order valence-electron chi connectivity index (χ2n) is 5.00. The van der Waals surface area contributed by atoms with Crippen molar-refractivity contribution < 1.29 is 19.5 Å². The van der Waals surface area contributed by atoms with Gasteiger partial charge in [0.05, 0.1) is 12.5 Å². The average Bonchev–Trinajstić information content (AvgIpc) is 2.35. The molecule has 1 aliphatic rings. The van der Waals surface area contributed by atoms with Crippen LogP contribution in [0.5, 0.6) is 0 Å². The Morgan fingerprint density at radius 1 is 1.37 bits per heavy atom. The average molecular weight is 271 g/mol. The number of carbonyl (C=O) groups is 3. The van der Waals surface area contributed by atoms with Crippen molar-refractivity contribution in [1.82, 2.24) is 15.5 Å². The van der Waals surface area contributed by atoms with Crippen molar-refractivity contribution in [2.24, 2.45) is 5.92 Å². The number of carboxylic acids is 1. The van der Waals surface area contributed by atoms with Gasteiger partial charge in [-0.1, -0.05) is 0 Å². The van der Waals surface area contributed by atoms with Crippen LogP contribution in [-0.2, 0) is 9.59 Å². The molecule has 19 heavy (non-hydrogen) atoms. The van der Waals surface area contributed by atoms with Crippen molar-refractivity contribution in [1.29, 1.82) is 0 Å². The van der Waals surface area contributed by atoms with Gasteiger partial charge in [0.1, 0.15) is 0 Å². The summed E-state index contributed by atoms with van der Waals surface area (Å²) in [4.78, 5) is 35.5. The van der Waals surface area contributed by atoms with Crippen LogP contribution in [-0.4, -0.2) is 53.6 Å². The zero-order valence-corrected chi connectivity index (χ0v) is 11.3. The van der Waals surface area contributed by atoms with E-state index >= 15 is 0 Å².